The molecule has 0 aliphatic carbocycles. The Balaban J connectivity index is 4.26. The lowest BCUT2D eigenvalue weighted by Crippen LogP contribution is -2.49. The zero-order valence-corrected chi connectivity index (χ0v) is 15.7. The monoisotopic (exact) mass is 348 g/mol. The number of rotatable bonds is 7. The molecule has 1 atom stereocenters. The fourth-order valence-corrected chi connectivity index (χ4v) is 2.05. The summed E-state index contributed by atoms with van der Waals surface area (Å²) in [5.74, 6) is -1.28. The van der Waals surface area contributed by atoms with Crippen LogP contribution in [0.5, 0.6) is 0 Å². The van der Waals surface area contributed by atoms with Crippen LogP contribution in [0.1, 0.15) is 20.8 Å². The maximum atomic E-state index is 11.6. The van der Waals surface area contributed by atoms with Crippen molar-refractivity contribution in [3.8, 4) is 0 Å². The quantitative estimate of drug-likeness (QED) is 0.607. The van der Waals surface area contributed by atoms with E-state index < -0.39 is 37.9 Å². The van der Waals surface area contributed by atoms with Gasteiger partial charge in [-0.1, -0.05) is 19.6 Å². The zero-order chi connectivity index (χ0) is 18.3. The molecule has 0 fully saturated rings. The number of amides is 2. The van der Waals surface area contributed by atoms with Crippen LogP contribution in [-0.4, -0.2) is 56.1 Å². The van der Waals surface area contributed by atoms with Gasteiger partial charge < -0.3 is 25.2 Å². The molecule has 134 valence electrons. The van der Waals surface area contributed by atoms with Crippen LogP contribution in [0.4, 0.5) is 9.59 Å². The highest BCUT2D eigenvalue weighted by Crippen LogP contribution is 2.08. The highest BCUT2D eigenvalue weighted by atomic mass is 28.3. The third-order valence-corrected chi connectivity index (χ3v) is 4.23. The molecule has 0 aromatic rings. The van der Waals surface area contributed by atoms with Crippen molar-refractivity contribution in [3.05, 3.63) is 0 Å². The Kier molecular flexibility index (Phi) is 8.08. The summed E-state index contributed by atoms with van der Waals surface area (Å²) >= 11 is 0. The minimum absolute atomic E-state index is 0.290. The summed E-state index contributed by atoms with van der Waals surface area (Å²) in [5.41, 5.74) is -0.740. The van der Waals surface area contributed by atoms with E-state index in [2.05, 4.69) is 30.3 Å². The lowest BCUT2D eigenvalue weighted by molar-refractivity contribution is -0.139. The SMILES string of the molecule is CC(C)(C)OC(=O)N[C@H](CNC(=O)OCC[Si](C)(C)C)C(=O)O. The second kappa shape index (κ2) is 8.75. The third-order valence-electron chi connectivity index (χ3n) is 2.52. The Morgan fingerprint density at radius 2 is 1.70 bits per heavy atom. The number of aliphatic carboxylic acids is 1. The summed E-state index contributed by atoms with van der Waals surface area (Å²) in [6.07, 6.45) is -1.57. The van der Waals surface area contributed by atoms with Gasteiger partial charge >= 0.3 is 18.2 Å². The van der Waals surface area contributed by atoms with E-state index in [9.17, 15) is 14.4 Å². The van der Waals surface area contributed by atoms with Gasteiger partial charge in [-0.2, -0.15) is 0 Å². The van der Waals surface area contributed by atoms with Crippen molar-refractivity contribution in [3.63, 3.8) is 0 Å². The molecule has 0 bridgehead atoms. The molecule has 8 nitrogen and oxygen atoms in total. The van der Waals surface area contributed by atoms with Crippen molar-refractivity contribution in [2.45, 2.75) is 58.1 Å². The van der Waals surface area contributed by atoms with E-state index in [4.69, 9.17) is 14.6 Å². The first-order valence-electron chi connectivity index (χ1n) is 7.43. The van der Waals surface area contributed by atoms with Crippen LogP contribution in [0, 0.1) is 0 Å². The molecule has 0 rings (SSSR count). The lowest BCUT2D eigenvalue weighted by Gasteiger charge is -2.22. The number of carbonyl (C=O) groups is 3. The minimum atomic E-state index is -1.30. The van der Waals surface area contributed by atoms with Gasteiger partial charge in [0.1, 0.15) is 11.6 Å². The van der Waals surface area contributed by atoms with Crippen LogP contribution < -0.4 is 10.6 Å². The van der Waals surface area contributed by atoms with Crippen molar-refractivity contribution in [2.24, 2.45) is 0 Å². The molecule has 0 aliphatic rings. The number of hydrogen-bond acceptors (Lipinski definition) is 5. The molecule has 0 aromatic heterocycles. The predicted octanol–water partition coefficient (Wildman–Crippen LogP) is 2.03. The van der Waals surface area contributed by atoms with Crippen LogP contribution in [0.15, 0.2) is 0 Å². The molecule has 0 spiro atoms. The Labute approximate surface area is 137 Å². The van der Waals surface area contributed by atoms with Crippen molar-refractivity contribution < 1.29 is 29.0 Å². The normalized spacial score (nSPS) is 13.0. The second-order valence-electron chi connectivity index (χ2n) is 7.36. The number of ether oxygens (including phenoxy) is 2. The molecular weight excluding hydrogens is 320 g/mol. The van der Waals surface area contributed by atoms with Gasteiger partial charge in [0.15, 0.2) is 0 Å². The third kappa shape index (κ3) is 12.5. The fourth-order valence-electron chi connectivity index (χ4n) is 1.34. The van der Waals surface area contributed by atoms with E-state index in [1.165, 1.54) is 0 Å². The van der Waals surface area contributed by atoms with Crippen LogP contribution in [-0.2, 0) is 14.3 Å². The molecule has 0 aromatic carbocycles. The lowest BCUT2D eigenvalue weighted by atomic mass is 10.2. The van der Waals surface area contributed by atoms with Gasteiger partial charge in [0.05, 0.1) is 13.2 Å². The van der Waals surface area contributed by atoms with Crippen LogP contribution >= 0.6 is 0 Å². The fraction of sp³-hybridized carbons (Fsp3) is 0.786. The average molecular weight is 348 g/mol. The summed E-state index contributed by atoms with van der Waals surface area (Å²) in [7, 11) is -1.30. The molecular formula is C14H28N2O6Si. The molecule has 2 amide bonds. The van der Waals surface area contributed by atoms with E-state index >= 15 is 0 Å². The maximum Gasteiger partial charge on any atom is 0.408 e. The highest BCUT2D eigenvalue weighted by Gasteiger charge is 2.24. The Morgan fingerprint density at radius 3 is 2.13 bits per heavy atom. The first-order chi connectivity index (χ1) is 10.3. The first-order valence-corrected chi connectivity index (χ1v) is 11.1. The minimum Gasteiger partial charge on any atom is -0.480 e. The van der Waals surface area contributed by atoms with Gasteiger partial charge in [0.25, 0.3) is 0 Å². The van der Waals surface area contributed by atoms with Gasteiger partial charge in [0, 0.05) is 8.07 Å². The molecule has 0 unspecified atom stereocenters. The highest BCUT2D eigenvalue weighted by molar-refractivity contribution is 6.76. The average Bonchev–Trinajstić information content (AvgIpc) is 2.30. The number of carboxylic acids is 1. The molecule has 0 aliphatic heterocycles. The van der Waals surface area contributed by atoms with E-state index in [0.29, 0.717) is 6.61 Å². The van der Waals surface area contributed by atoms with E-state index in [0.717, 1.165) is 6.04 Å². The van der Waals surface area contributed by atoms with Gasteiger partial charge in [0.2, 0.25) is 0 Å². The van der Waals surface area contributed by atoms with E-state index in [-0.39, 0.29) is 6.54 Å². The topological polar surface area (TPSA) is 114 Å². The Bertz CT molecular complexity index is 428. The van der Waals surface area contributed by atoms with E-state index in [1.807, 2.05) is 0 Å². The summed E-state index contributed by atoms with van der Waals surface area (Å²) in [6.45, 7) is 11.4. The summed E-state index contributed by atoms with van der Waals surface area (Å²) < 4.78 is 9.96. The Hall–Kier alpha value is -1.77. The largest absolute Gasteiger partial charge is 0.480 e. The van der Waals surface area contributed by atoms with Crippen molar-refractivity contribution in [1.29, 1.82) is 0 Å². The van der Waals surface area contributed by atoms with Gasteiger partial charge in [-0.15, -0.1) is 0 Å². The smallest absolute Gasteiger partial charge is 0.408 e. The summed E-state index contributed by atoms with van der Waals surface area (Å²) in [4.78, 5) is 34.2. The van der Waals surface area contributed by atoms with Gasteiger partial charge in [-0.25, -0.2) is 14.4 Å². The zero-order valence-electron chi connectivity index (χ0n) is 14.7. The number of alkyl carbamates (subject to hydrolysis) is 2. The number of nitrogens with one attached hydrogen (secondary N) is 2. The second-order valence-corrected chi connectivity index (χ2v) is 13.0. The van der Waals surface area contributed by atoms with E-state index in [1.54, 1.807) is 20.8 Å². The Morgan fingerprint density at radius 1 is 1.13 bits per heavy atom. The van der Waals surface area contributed by atoms with Gasteiger partial charge in [-0.05, 0) is 26.8 Å². The standard InChI is InChI=1S/C14H28N2O6Si/c1-14(2,3)22-13(20)16-10(11(17)18)9-15-12(19)21-7-8-23(4,5)6/h10H,7-9H2,1-6H3,(H,15,19)(H,16,20)(H,17,18)/t10-/m1/s1. The number of carbonyl (C=O) groups excluding carboxylic acids is 2. The summed E-state index contributed by atoms with van der Waals surface area (Å²) in [5, 5.41) is 13.6. The van der Waals surface area contributed by atoms with Crippen molar-refractivity contribution in [1.82, 2.24) is 10.6 Å². The van der Waals surface area contributed by atoms with Crippen molar-refractivity contribution in [2.75, 3.05) is 13.2 Å². The predicted molar refractivity (Wildman–Crippen MR) is 88.3 cm³/mol. The number of carboxylic acid groups (broad SMARTS) is 1. The van der Waals surface area contributed by atoms with Gasteiger partial charge in [-0.3, -0.25) is 0 Å². The maximum absolute atomic E-state index is 11.6. The van der Waals surface area contributed by atoms with Crippen LogP contribution in [0.25, 0.3) is 0 Å². The molecule has 23 heavy (non-hydrogen) atoms. The molecule has 3 N–H and O–H groups in total. The molecule has 0 saturated carbocycles. The molecule has 0 radical (unpaired) electrons. The van der Waals surface area contributed by atoms with Crippen LogP contribution in [0.2, 0.25) is 25.7 Å². The molecule has 0 heterocycles. The van der Waals surface area contributed by atoms with Crippen molar-refractivity contribution >= 4 is 26.2 Å². The first kappa shape index (κ1) is 21.2. The molecule has 0 saturated heterocycles. The van der Waals surface area contributed by atoms with Crippen LogP contribution in [0.3, 0.4) is 0 Å². The summed E-state index contributed by atoms with van der Waals surface area (Å²) in [6, 6.07) is -0.478. The number of hydrogen-bond donors (Lipinski definition) is 3. The molecule has 9 heteroatoms.